The molecule has 0 aliphatic heterocycles. The first-order valence-corrected chi connectivity index (χ1v) is 15.5. The standard InChI is InChI=1S/C30H47O7P/c1-8-10-12-13-23-18-26(31)29(25-17-22(7)15-16-24(25)20(3)4)28(19-23)35-30(32)27(14-11-9-2)37-38(33,34)36-21(5)6/h17-19,21,24-25,27,31H,3,8-16H2,1-2,4-7H3,(H,33,34)/t24-,25+,27?/m0/s1. The number of esters is 1. The molecule has 0 aromatic heterocycles. The average molecular weight is 551 g/mol. The van der Waals surface area contributed by atoms with Gasteiger partial charge in [-0.25, -0.2) is 9.36 Å². The van der Waals surface area contributed by atoms with Crippen LogP contribution in [0.1, 0.15) is 110 Å². The normalized spacial score (nSPS) is 20.1. The Bertz CT molecular complexity index is 1030. The molecule has 4 atom stereocenters. The molecule has 0 radical (unpaired) electrons. The lowest BCUT2D eigenvalue weighted by Crippen LogP contribution is -2.29. The SMILES string of the molecule is C=C(C)[C@@H]1CCC(C)=C[C@H]1c1c(O)cc(CCCCC)cc1OC(=O)C(CCCC)OP(=O)(O)OC(C)C. The molecule has 1 aliphatic carbocycles. The minimum atomic E-state index is -4.48. The number of ether oxygens (including phenoxy) is 1. The van der Waals surface area contributed by atoms with E-state index in [4.69, 9.17) is 13.8 Å². The summed E-state index contributed by atoms with van der Waals surface area (Å²) in [5.41, 5.74) is 3.60. The lowest BCUT2D eigenvalue weighted by Gasteiger charge is -2.32. The molecule has 2 rings (SSSR count). The van der Waals surface area contributed by atoms with Crippen molar-refractivity contribution in [2.24, 2.45) is 5.92 Å². The van der Waals surface area contributed by atoms with Crippen LogP contribution in [0.5, 0.6) is 11.5 Å². The lowest BCUT2D eigenvalue weighted by molar-refractivity contribution is -0.143. The molecule has 1 aromatic carbocycles. The summed E-state index contributed by atoms with van der Waals surface area (Å²) in [6.07, 6.45) is 7.46. The van der Waals surface area contributed by atoms with Crippen LogP contribution in [0.25, 0.3) is 0 Å². The van der Waals surface area contributed by atoms with Gasteiger partial charge in [0.25, 0.3) is 0 Å². The van der Waals surface area contributed by atoms with Gasteiger partial charge in [-0.2, -0.15) is 0 Å². The maximum Gasteiger partial charge on any atom is 0.473 e. The molecule has 38 heavy (non-hydrogen) atoms. The first kappa shape index (κ1) is 32.3. The summed E-state index contributed by atoms with van der Waals surface area (Å²) in [4.78, 5) is 23.6. The van der Waals surface area contributed by atoms with Crippen molar-refractivity contribution in [2.45, 2.75) is 117 Å². The van der Waals surface area contributed by atoms with Crippen LogP contribution in [-0.2, 0) is 24.8 Å². The first-order valence-electron chi connectivity index (χ1n) is 14.0. The molecule has 0 saturated heterocycles. The Hall–Kier alpha value is -1.92. The highest BCUT2D eigenvalue weighted by molar-refractivity contribution is 7.47. The number of hydrogen-bond donors (Lipinski definition) is 2. The van der Waals surface area contributed by atoms with Crippen molar-refractivity contribution in [1.29, 1.82) is 0 Å². The number of allylic oxidation sites excluding steroid dienone is 3. The van der Waals surface area contributed by atoms with Crippen molar-refractivity contribution < 1.29 is 33.1 Å². The minimum Gasteiger partial charge on any atom is -0.507 e. The van der Waals surface area contributed by atoms with Crippen molar-refractivity contribution in [3.8, 4) is 11.5 Å². The highest BCUT2D eigenvalue weighted by Crippen LogP contribution is 2.49. The Kier molecular flexibility index (Phi) is 12.8. The van der Waals surface area contributed by atoms with E-state index in [-0.39, 0.29) is 29.8 Å². The molecule has 0 fully saturated rings. The number of unbranched alkanes of at least 4 members (excludes halogenated alkanes) is 3. The van der Waals surface area contributed by atoms with Crippen molar-refractivity contribution in [1.82, 2.24) is 0 Å². The topological polar surface area (TPSA) is 102 Å². The zero-order chi connectivity index (χ0) is 28.5. The van der Waals surface area contributed by atoms with Crippen LogP contribution < -0.4 is 4.74 Å². The molecule has 0 heterocycles. The molecule has 7 nitrogen and oxygen atoms in total. The number of benzene rings is 1. The van der Waals surface area contributed by atoms with E-state index in [1.807, 2.05) is 19.9 Å². The van der Waals surface area contributed by atoms with Crippen molar-refractivity contribution in [2.75, 3.05) is 0 Å². The van der Waals surface area contributed by atoms with Gasteiger partial charge in [-0.05, 0) is 83.4 Å². The van der Waals surface area contributed by atoms with Gasteiger partial charge in [0.05, 0.1) is 6.10 Å². The molecule has 0 spiro atoms. The smallest absolute Gasteiger partial charge is 0.473 e. The van der Waals surface area contributed by atoms with E-state index >= 15 is 0 Å². The Morgan fingerprint density at radius 1 is 1.16 bits per heavy atom. The summed E-state index contributed by atoms with van der Waals surface area (Å²) in [5.74, 6) is -0.582. The van der Waals surface area contributed by atoms with Crippen LogP contribution in [0.3, 0.4) is 0 Å². The molecule has 0 saturated carbocycles. The zero-order valence-electron chi connectivity index (χ0n) is 24.0. The van der Waals surface area contributed by atoms with Crippen LogP contribution in [0.4, 0.5) is 0 Å². The molecular formula is C30H47O7P. The molecule has 2 unspecified atom stereocenters. The zero-order valence-corrected chi connectivity index (χ0v) is 24.9. The number of carbonyl (C=O) groups excluding carboxylic acids is 1. The maximum absolute atomic E-state index is 13.4. The summed E-state index contributed by atoms with van der Waals surface area (Å²) in [6, 6.07) is 3.58. The molecule has 214 valence electrons. The Balaban J connectivity index is 2.51. The van der Waals surface area contributed by atoms with E-state index in [0.29, 0.717) is 12.0 Å². The van der Waals surface area contributed by atoms with Crippen LogP contribution in [0.15, 0.2) is 35.9 Å². The van der Waals surface area contributed by atoms with E-state index in [0.717, 1.165) is 56.1 Å². The number of phosphoric ester groups is 1. The van der Waals surface area contributed by atoms with E-state index in [2.05, 4.69) is 26.5 Å². The summed E-state index contributed by atoms with van der Waals surface area (Å²) in [5, 5.41) is 11.3. The van der Waals surface area contributed by atoms with Crippen LogP contribution >= 0.6 is 7.82 Å². The van der Waals surface area contributed by atoms with Gasteiger partial charge >= 0.3 is 13.8 Å². The number of phenolic OH excluding ortho intramolecular Hbond substituents is 1. The van der Waals surface area contributed by atoms with Gasteiger partial charge in [0.15, 0.2) is 6.10 Å². The largest absolute Gasteiger partial charge is 0.507 e. The van der Waals surface area contributed by atoms with Gasteiger partial charge in [0.2, 0.25) is 0 Å². The fraction of sp³-hybridized carbons (Fsp3) is 0.633. The van der Waals surface area contributed by atoms with Crippen molar-refractivity contribution >= 4 is 13.8 Å². The van der Waals surface area contributed by atoms with Crippen molar-refractivity contribution in [3.63, 3.8) is 0 Å². The maximum atomic E-state index is 13.4. The minimum absolute atomic E-state index is 0.0750. The second-order valence-electron chi connectivity index (χ2n) is 10.8. The number of aryl methyl sites for hydroxylation is 1. The van der Waals surface area contributed by atoms with Crippen LogP contribution in [-0.4, -0.2) is 28.2 Å². The van der Waals surface area contributed by atoms with Gasteiger partial charge in [0, 0.05) is 11.5 Å². The molecule has 2 N–H and O–H groups in total. The predicted molar refractivity (Wildman–Crippen MR) is 151 cm³/mol. The number of aromatic hydroxyl groups is 1. The highest BCUT2D eigenvalue weighted by atomic mass is 31.2. The highest BCUT2D eigenvalue weighted by Gasteiger charge is 2.35. The monoisotopic (exact) mass is 550 g/mol. The fourth-order valence-corrected chi connectivity index (χ4v) is 6.04. The predicted octanol–water partition coefficient (Wildman–Crippen LogP) is 8.15. The Morgan fingerprint density at radius 2 is 1.84 bits per heavy atom. The molecular weight excluding hydrogens is 503 g/mol. The van der Waals surface area contributed by atoms with E-state index in [1.54, 1.807) is 19.9 Å². The van der Waals surface area contributed by atoms with Gasteiger partial charge in [-0.15, -0.1) is 0 Å². The van der Waals surface area contributed by atoms with Crippen LogP contribution in [0, 0.1) is 5.92 Å². The Labute approximate surface area is 228 Å². The van der Waals surface area contributed by atoms with Gasteiger partial charge in [0.1, 0.15) is 11.5 Å². The quantitative estimate of drug-likeness (QED) is 0.0747. The van der Waals surface area contributed by atoms with Crippen LogP contribution in [0.2, 0.25) is 0 Å². The van der Waals surface area contributed by atoms with Gasteiger partial charge in [-0.1, -0.05) is 63.3 Å². The van der Waals surface area contributed by atoms with Gasteiger partial charge < -0.3 is 14.7 Å². The Morgan fingerprint density at radius 3 is 2.45 bits per heavy atom. The fourth-order valence-electron chi connectivity index (χ4n) is 4.95. The lowest BCUT2D eigenvalue weighted by atomic mass is 9.73. The molecule has 1 aromatic rings. The van der Waals surface area contributed by atoms with Crippen molar-refractivity contribution in [3.05, 3.63) is 47.1 Å². The summed E-state index contributed by atoms with van der Waals surface area (Å²) >= 11 is 0. The molecule has 1 aliphatic rings. The molecule has 0 amide bonds. The molecule has 8 heteroatoms. The number of phosphoric acid groups is 1. The van der Waals surface area contributed by atoms with Gasteiger partial charge in [-0.3, -0.25) is 9.05 Å². The van der Waals surface area contributed by atoms with E-state index in [9.17, 15) is 19.4 Å². The number of phenols is 1. The van der Waals surface area contributed by atoms with E-state index in [1.165, 1.54) is 5.57 Å². The summed E-state index contributed by atoms with van der Waals surface area (Å²) in [7, 11) is -4.48. The number of hydrogen-bond acceptors (Lipinski definition) is 6. The number of rotatable bonds is 15. The third-order valence-electron chi connectivity index (χ3n) is 6.86. The summed E-state index contributed by atoms with van der Waals surface area (Å²) in [6.45, 7) is 15.5. The summed E-state index contributed by atoms with van der Waals surface area (Å²) < 4.78 is 28.8. The number of carbonyl (C=O) groups is 1. The second-order valence-corrected chi connectivity index (χ2v) is 12.2. The molecule has 0 bridgehead atoms. The second kappa shape index (κ2) is 15.0. The third-order valence-corrected chi connectivity index (χ3v) is 8.07. The first-order chi connectivity index (χ1) is 17.9. The average Bonchev–Trinajstić information content (AvgIpc) is 2.80. The van der Waals surface area contributed by atoms with E-state index < -0.39 is 26.0 Å². The third kappa shape index (κ3) is 9.68.